The molecule has 4 aromatic carbocycles. The summed E-state index contributed by atoms with van der Waals surface area (Å²) < 4.78 is 5.69. The Morgan fingerprint density at radius 2 is 1.16 bits per heavy atom. The molecule has 1 heterocycles. The molecule has 1 aliphatic heterocycles. The van der Waals surface area contributed by atoms with Crippen molar-refractivity contribution in [1.82, 2.24) is 4.90 Å². The minimum atomic E-state index is -1.08. The summed E-state index contributed by atoms with van der Waals surface area (Å²) in [5.74, 6) is -1.19. The average Bonchev–Trinajstić information content (AvgIpc) is 3.12. The van der Waals surface area contributed by atoms with Gasteiger partial charge in [-0.1, -0.05) is 36.4 Å². The highest BCUT2D eigenvalue weighted by molar-refractivity contribution is 6.00. The maximum Gasteiger partial charge on any atom is 0.358 e. The fourth-order valence-corrected chi connectivity index (χ4v) is 5.21. The number of carbonyl (C=O) groups excluding carboxylic acids is 3. The highest BCUT2D eigenvalue weighted by Crippen LogP contribution is 2.31. The minimum absolute atomic E-state index is 0.119. The van der Waals surface area contributed by atoms with Gasteiger partial charge in [0.15, 0.2) is 11.5 Å². The van der Waals surface area contributed by atoms with E-state index in [1.54, 1.807) is 130 Å². The quantitative estimate of drug-likeness (QED) is 0.149. The van der Waals surface area contributed by atoms with Gasteiger partial charge in [0.2, 0.25) is 0 Å². The molecule has 1 saturated heterocycles. The molecule has 3 amide bonds. The topological polar surface area (TPSA) is 136 Å². The molecule has 248 valence electrons. The van der Waals surface area contributed by atoms with Crippen LogP contribution in [-0.4, -0.2) is 41.0 Å². The number of amides is 3. The minimum Gasteiger partial charge on any atom is -0.460 e. The number of rotatable bonds is 8. The Balaban J connectivity index is 1.53. The Bertz CT molecular complexity index is 1850. The Morgan fingerprint density at radius 1 is 0.694 bits per heavy atom. The molecule has 2 atom stereocenters. The van der Waals surface area contributed by atoms with Crippen LogP contribution in [0, 0.1) is 28.6 Å². The van der Waals surface area contributed by atoms with Gasteiger partial charge in [0.25, 0.3) is 5.91 Å². The summed E-state index contributed by atoms with van der Waals surface area (Å²) in [4.78, 5) is 56.1. The van der Waals surface area contributed by atoms with E-state index < -0.39 is 35.5 Å². The number of nitrogens with zero attached hydrogens (tertiary/aromatic N) is 5. The van der Waals surface area contributed by atoms with Crippen molar-refractivity contribution in [2.75, 3.05) is 16.7 Å². The van der Waals surface area contributed by atoms with Crippen molar-refractivity contribution in [3.8, 4) is 23.6 Å². The number of benzene rings is 4. The molecule has 5 rings (SSSR count). The Hall–Kier alpha value is -6.33. The van der Waals surface area contributed by atoms with Gasteiger partial charge in [0, 0.05) is 6.54 Å². The zero-order valence-electron chi connectivity index (χ0n) is 27.4. The van der Waals surface area contributed by atoms with E-state index in [1.165, 1.54) is 4.90 Å². The van der Waals surface area contributed by atoms with Crippen LogP contribution < -0.4 is 19.8 Å². The number of hydrogen-bond donors (Lipinski definition) is 0. The summed E-state index contributed by atoms with van der Waals surface area (Å²) in [5, 5.41) is 20.7. The number of urea groups is 1. The van der Waals surface area contributed by atoms with Crippen LogP contribution in [0.25, 0.3) is 0 Å². The van der Waals surface area contributed by atoms with Crippen molar-refractivity contribution in [2.24, 2.45) is 5.92 Å². The first kappa shape index (κ1) is 34.0. The summed E-state index contributed by atoms with van der Waals surface area (Å²) in [6.45, 7) is 5.17. The third kappa shape index (κ3) is 8.53. The lowest BCUT2D eigenvalue weighted by molar-refractivity contribution is -0.162. The molecular formula is C38H35N5O6. The van der Waals surface area contributed by atoms with Gasteiger partial charge >= 0.3 is 12.0 Å². The molecule has 11 nitrogen and oxygen atoms in total. The maximum atomic E-state index is 14.7. The van der Waals surface area contributed by atoms with Crippen LogP contribution in [0.3, 0.4) is 0 Å². The molecule has 0 spiro atoms. The first-order valence-electron chi connectivity index (χ1n) is 15.7. The van der Waals surface area contributed by atoms with Crippen molar-refractivity contribution in [3.05, 3.63) is 120 Å². The highest BCUT2D eigenvalue weighted by Gasteiger charge is 2.44. The van der Waals surface area contributed by atoms with Crippen molar-refractivity contribution in [1.29, 1.82) is 10.5 Å². The van der Waals surface area contributed by atoms with Crippen LogP contribution >= 0.6 is 0 Å². The summed E-state index contributed by atoms with van der Waals surface area (Å²) >= 11 is 0. The lowest BCUT2D eigenvalue weighted by Crippen LogP contribution is -2.60. The zero-order chi connectivity index (χ0) is 35.0. The van der Waals surface area contributed by atoms with Crippen molar-refractivity contribution >= 4 is 29.3 Å². The van der Waals surface area contributed by atoms with Gasteiger partial charge < -0.3 is 19.3 Å². The summed E-state index contributed by atoms with van der Waals surface area (Å²) in [7, 11) is 0. The maximum absolute atomic E-state index is 14.7. The average molecular weight is 658 g/mol. The number of carbonyl (C=O) groups is 3. The van der Waals surface area contributed by atoms with Crippen LogP contribution in [0.4, 0.5) is 16.2 Å². The van der Waals surface area contributed by atoms with Gasteiger partial charge in [-0.05, 0) is 106 Å². The summed E-state index contributed by atoms with van der Waals surface area (Å²) in [6.07, 6.45) is 0.393. The number of ether oxygens (including phenoxy) is 1. The first-order valence-corrected chi connectivity index (χ1v) is 15.7. The first-order chi connectivity index (χ1) is 23.6. The Morgan fingerprint density at radius 3 is 1.63 bits per heavy atom. The monoisotopic (exact) mass is 657 g/mol. The molecule has 49 heavy (non-hydrogen) atoms. The number of nitriles is 2. The van der Waals surface area contributed by atoms with E-state index in [9.17, 15) is 24.9 Å². The normalized spacial score (nSPS) is 15.6. The molecule has 0 aliphatic carbocycles. The molecule has 2 unspecified atom stereocenters. The second-order valence-electron chi connectivity index (χ2n) is 12.3. The van der Waals surface area contributed by atoms with E-state index in [0.29, 0.717) is 28.3 Å². The molecule has 0 aromatic heterocycles. The number of esters is 1. The highest BCUT2D eigenvalue weighted by atomic mass is 16.7. The number of likely N-dealkylation sites (tertiary alicyclic amines) is 1. The van der Waals surface area contributed by atoms with Crippen LogP contribution in [0.15, 0.2) is 109 Å². The molecule has 0 saturated carbocycles. The van der Waals surface area contributed by atoms with Crippen LogP contribution in [-0.2, 0) is 14.3 Å². The van der Waals surface area contributed by atoms with Gasteiger partial charge in [0.05, 0.1) is 40.6 Å². The van der Waals surface area contributed by atoms with Crippen LogP contribution in [0.2, 0.25) is 0 Å². The SMILES string of the molecule is CC(C)(C)OC(=O)C1CCC(C(=O)N(Oc2ccc(C#N)cc2)c2ccccc2)N(C(=O)N(Oc2ccc(C#N)cc2)c2ccccc2)C1. The van der Waals surface area contributed by atoms with Crippen molar-refractivity contribution in [3.63, 3.8) is 0 Å². The number of para-hydroxylation sites is 2. The molecular weight excluding hydrogens is 622 g/mol. The zero-order valence-corrected chi connectivity index (χ0v) is 27.4. The second-order valence-corrected chi connectivity index (χ2v) is 12.3. The van der Waals surface area contributed by atoms with E-state index in [1.807, 2.05) is 0 Å². The number of piperidine rings is 1. The molecule has 11 heteroatoms. The van der Waals surface area contributed by atoms with Gasteiger partial charge in [0.1, 0.15) is 11.6 Å². The lowest BCUT2D eigenvalue weighted by atomic mass is 9.92. The number of anilines is 2. The molecule has 4 aromatic rings. The van der Waals surface area contributed by atoms with Crippen LogP contribution in [0.5, 0.6) is 11.5 Å². The third-order valence-corrected chi connectivity index (χ3v) is 7.57. The van der Waals surface area contributed by atoms with Gasteiger partial charge in [-0.2, -0.15) is 10.5 Å². The molecule has 1 aliphatic rings. The molecule has 1 fully saturated rings. The predicted molar refractivity (Wildman–Crippen MR) is 181 cm³/mol. The van der Waals surface area contributed by atoms with Crippen molar-refractivity contribution < 1.29 is 28.8 Å². The van der Waals surface area contributed by atoms with E-state index in [4.69, 9.17) is 14.4 Å². The molecule has 0 N–H and O–H groups in total. The predicted octanol–water partition coefficient (Wildman–Crippen LogP) is 6.80. The van der Waals surface area contributed by atoms with E-state index >= 15 is 0 Å². The second kappa shape index (κ2) is 15.1. The number of hydroxylamine groups is 2. The van der Waals surface area contributed by atoms with E-state index in [-0.39, 0.29) is 25.1 Å². The Labute approximate surface area is 285 Å². The fourth-order valence-electron chi connectivity index (χ4n) is 5.21. The van der Waals surface area contributed by atoms with Gasteiger partial charge in [-0.25, -0.2) is 4.79 Å². The van der Waals surface area contributed by atoms with Gasteiger partial charge in [-0.15, -0.1) is 10.1 Å². The molecule has 0 radical (unpaired) electrons. The third-order valence-electron chi connectivity index (χ3n) is 7.57. The summed E-state index contributed by atoms with van der Waals surface area (Å²) in [5.41, 5.74) is 0.857. The largest absolute Gasteiger partial charge is 0.460 e. The van der Waals surface area contributed by atoms with Crippen LogP contribution in [0.1, 0.15) is 44.7 Å². The molecule has 0 bridgehead atoms. The van der Waals surface area contributed by atoms with E-state index in [0.717, 1.165) is 10.1 Å². The van der Waals surface area contributed by atoms with Gasteiger partial charge in [-0.3, -0.25) is 9.59 Å². The smallest absolute Gasteiger partial charge is 0.358 e. The van der Waals surface area contributed by atoms with Crippen molar-refractivity contribution in [2.45, 2.75) is 45.3 Å². The fraction of sp³-hybridized carbons (Fsp3) is 0.237. The standard InChI is InChI=1S/C38H35N5O6/c1-38(2,3)47-36(45)29-18-23-34(35(44)42(30-10-6-4-7-11-30)48-32-19-14-27(24-39)15-20-32)41(26-29)37(46)43(31-12-8-5-9-13-31)49-33-21-16-28(25-40)17-22-33/h4-17,19-22,29,34H,18,23,26H2,1-3H3. The van der Waals surface area contributed by atoms with E-state index in [2.05, 4.69) is 12.1 Å². The number of hydrogen-bond acceptors (Lipinski definition) is 8. The lowest BCUT2D eigenvalue weighted by Gasteiger charge is -2.41. The Kier molecular flexibility index (Phi) is 10.4. The summed E-state index contributed by atoms with van der Waals surface area (Å²) in [6, 6.07) is 32.2.